The summed E-state index contributed by atoms with van der Waals surface area (Å²) in [4.78, 5) is 11.5. The summed E-state index contributed by atoms with van der Waals surface area (Å²) >= 11 is 0. The lowest BCUT2D eigenvalue weighted by molar-refractivity contribution is -0.133. The number of carbonyl (C=O) groups excluding carboxylic acids is 1. The first-order chi connectivity index (χ1) is 13.2. The van der Waals surface area contributed by atoms with Crippen molar-refractivity contribution in [3.8, 4) is 0 Å². The van der Waals surface area contributed by atoms with Crippen molar-refractivity contribution >= 4 is 6.09 Å². The van der Waals surface area contributed by atoms with Crippen molar-refractivity contribution in [3.63, 3.8) is 0 Å². The molecule has 0 bridgehead atoms. The Bertz CT molecular complexity index is 387. The smallest absolute Gasteiger partial charge is 0.407 e. The molecule has 7 heteroatoms. The predicted molar refractivity (Wildman–Crippen MR) is 113 cm³/mol. The van der Waals surface area contributed by atoms with Gasteiger partial charge in [0.25, 0.3) is 0 Å². The maximum absolute atomic E-state index is 11.5. The van der Waals surface area contributed by atoms with Crippen LogP contribution in [0.2, 0.25) is 0 Å². The first-order valence-corrected chi connectivity index (χ1v) is 10.7. The van der Waals surface area contributed by atoms with E-state index in [-0.39, 0.29) is 24.4 Å². The number of nitrogens with two attached hydrogens (primary N) is 1. The molecular formula is C21H44N2O5. The Balaban J connectivity index is 4.31. The van der Waals surface area contributed by atoms with E-state index in [1.807, 2.05) is 27.7 Å². The second kappa shape index (κ2) is 16.0. The molecule has 0 rings (SSSR count). The van der Waals surface area contributed by atoms with Crippen molar-refractivity contribution in [3.05, 3.63) is 0 Å². The lowest BCUT2D eigenvalue weighted by atomic mass is 10.0. The van der Waals surface area contributed by atoms with E-state index in [1.165, 1.54) is 19.3 Å². The van der Waals surface area contributed by atoms with Gasteiger partial charge in [0.2, 0.25) is 0 Å². The van der Waals surface area contributed by atoms with E-state index in [0.717, 1.165) is 13.0 Å². The molecule has 0 fully saturated rings. The molecule has 0 aliphatic rings. The minimum atomic E-state index is -0.482. The molecule has 3 unspecified atom stereocenters. The molecule has 0 saturated carbocycles. The summed E-state index contributed by atoms with van der Waals surface area (Å²) in [7, 11) is 0. The summed E-state index contributed by atoms with van der Waals surface area (Å²) < 4.78 is 23.0. The largest absolute Gasteiger partial charge is 0.447 e. The fourth-order valence-electron chi connectivity index (χ4n) is 2.62. The van der Waals surface area contributed by atoms with Gasteiger partial charge in [0.15, 0.2) is 0 Å². The van der Waals surface area contributed by atoms with E-state index >= 15 is 0 Å². The summed E-state index contributed by atoms with van der Waals surface area (Å²) in [6.45, 7) is 14.9. The Kier molecular flexibility index (Phi) is 15.5. The number of alkyl carbamates (subject to hydrolysis) is 1. The molecule has 0 heterocycles. The zero-order valence-electron chi connectivity index (χ0n) is 18.9. The van der Waals surface area contributed by atoms with Gasteiger partial charge in [-0.05, 0) is 40.0 Å². The summed E-state index contributed by atoms with van der Waals surface area (Å²) in [6.07, 6.45) is 3.90. The second-order valence-electron chi connectivity index (χ2n) is 8.26. The minimum Gasteiger partial charge on any atom is -0.447 e. The van der Waals surface area contributed by atoms with Crippen molar-refractivity contribution in [1.29, 1.82) is 0 Å². The Morgan fingerprint density at radius 2 is 1.82 bits per heavy atom. The van der Waals surface area contributed by atoms with Gasteiger partial charge in [0, 0.05) is 19.7 Å². The third-order valence-electron chi connectivity index (χ3n) is 4.15. The van der Waals surface area contributed by atoms with Crippen LogP contribution in [0.4, 0.5) is 4.79 Å². The van der Waals surface area contributed by atoms with Crippen LogP contribution in [0, 0.1) is 5.92 Å². The van der Waals surface area contributed by atoms with Crippen molar-refractivity contribution in [2.24, 2.45) is 11.7 Å². The third kappa shape index (κ3) is 16.1. The van der Waals surface area contributed by atoms with E-state index in [2.05, 4.69) is 19.2 Å². The van der Waals surface area contributed by atoms with Gasteiger partial charge in [-0.15, -0.1) is 0 Å². The zero-order chi connectivity index (χ0) is 21.4. The quantitative estimate of drug-likeness (QED) is 0.409. The molecule has 0 aromatic carbocycles. The van der Waals surface area contributed by atoms with Gasteiger partial charge in [-0.3, -0.25) is 0 Å². The lowest BCUT2D eigenvalue weighted by Crippen LogP contribution is -2.36. The average molecular weight is 405 g/mol. The van der Waals surface area contributed by atoms with Crippen LogP contribution in [0.15, 0.2) is 0 Å². The minimum absolute atomic E-state index is 0.169. The van der Waals surface area contributed by atoms with Gasteiger partial charge < -0.3 is 30.0 Å². The molecule has 3 N–H and O–H groups in total. The molecule has 0 aromatic heterocycles. The second-order valence-corrected chi connectivity index (χ2v) is 8.26. The Labute approximate surface area is 172 Å². The van der Waals surface area contributed by atoms with Crippen LogP contribution in [0.3, 0.4) is 0 Å². The Hall–Kier alpha value is -0.890. The molecule has 1 amide bonds. The fourth-order valence-corrected chi connectivity index (χ4v) is 2.62. The van der Waals surface area contributed by atoms with Gasteiger partial charge in [-0.1, -0.05) is 33.1 Å². The third-order valence-corrected chi connectivity index (χ3v) is 4.15. The molecule has 168 valence electrons. The van der Waals surface area contributed by atoms with Crippen LogP contribution in [0.1, 0.15) is 67.2 Å². The number of rotatable bonds is 16. The van der Waals surface area contributed by atoms with Crippen LogP contribution in [0.25, 0.3) is 0 Å². The van der Waals surface area contributed by atoms with Gasteiger partial charge in [-0.25, -0.2) is 4.79 Å². The summed E-state index contributed by atoms with van der Waals surface area (Å²) in [5, 5.41) is 2.56. The van der Waals surface area contributed by atoms with Crippen LogP contribution in [-0.4, -0.2) is 63.4 Å². The molecular weight excluding hydrogens is 360 g/mol. The van der Waals surface area contributed by atoms with Crippen LogP contribution >= 0.6 is 0 Å². The zero-order valence-corrected chi connectivity index (χ0v) is 18.9. The molecule has 28 heavy (non-hydrogen) atoms. The topological polar surface area (TPSA) is 92.0 Å². The van der Waals surface area contributed by atoms with E-state index in [9.17, 15) is 4.79 Å². The van der Waals surface area contributed by atoms with Crippen molar-refractivity contribution in [2.75, 3.05) is 39.5 Å². The Morgan fingerprint density at radius 1 is 1.11 bits per heavy atom. The molecule has 7 nitrogen and oxygen atoms in total. The summed E-state index contributed by atoms with van der Waals surface area (Å²) in [5.74, 6) is 0.593. The first-order valence-electron chi connectivity index (χ1n) is 10.7. The molecule has 0 saturated heterocycles. The number of hydrogen-bond acceptors (Lipinski definition) is 6. The first kappa shape index (κ1) is 27.1. The highest BCUT2D eigenvalue weighted by Crippen LogP contribution is 2.15. The summed E-state index contributed by atoms with van der Waals surface area (Å²) in [6, 6.07) is 0. The molecule has 0 aromatic rings. The lowest BCUT2D eigenvalue weighted by Gasteiger charge is -2.29. The van der Waals surface area contributed by atoms with Crippen molar-refractivity contribution < 1.29 is 23.7 Å². The van der Waals surface area contributed by atoms with Crippen molar-refractivity contribution in [2.45, 2.75) is 85.0 Å². The highest BCUT2D eigenvalue weighted by atomic mass is 16.6. The maximum Gasteiger partial charge on any atom is 0.407 e. The summed E-state index contributed by atoms with van der Waals surface area (Å²) in [5.41, 5.74) is 5.05. The molecule has 3 atom stereocenters. The predicted octanol–water partition coefficient (Wildman–Crippen LogP) is 3.49. The van der Waals surface area contributed by atoms with Gasteiger partial charge >= 0.3 is 6.09 Å². The number of hydrogen-bond donors (Lipinski definition) is 2. The standard InChI is InChI=1S/C21H44N2O5/c1-7-9-10-18(8-2)14-25-15-19(28-21(4,5)6)16-26-17(3)13-27-20(24)23-12-11-22/h17-19H,7-16,22H2,1-6H3,(H,23,24). The fraction of sp³-hybridized carbons (Fsp3) is 0.952. The molecule has 0 spiro atoms. The van der Waals surface area contributed by atoms with Gasteiger partial charge in [0.1, 0.15) is 12.7 Å². The monoisotopic (exact) mass is 404 g/mol. The Morgan fingerprint density at radius 3 is 2.39 bits per heavy atom. The number of carbonyl (C=O) groups is 1. The number of unbranched alkanes of at least 4 members (excludes halogenated alkanes) is 1. The normalized spacial score (nSPS) is 15.1. The van der Waals surface area contributed by atoms with E-state index < -0.39 is 6.09 Å². The van der Waals surface area contributed by atoms with E-state index in [4.69, 9.17) is 24.7 Å². The van der Waals surface area contributed by atoms with Crippen LogP contribution in [-0.2, 0) is 18.9 Å². The highest BCUT2D eigenvalue weighted by molar-refractivity contribution is 5.67. The number of amides is 1. The van der Waals surface area contributed by atoms with Crippen LogP contribution in [0.5, 0.6) is 0 Å². The van der Waals surface area contributed by atoms with Gasteiger partial charge in [-0.2, -0.15) is 0 Å². The average Bonchev–Trinajstić information content (AvgIpc) is 2.64. The number of ether oxygens (including phenoxy) is 4. The van der Waals surface area contributed by atoms with Gasteiger partial charge in [0.05, 0.1) is 24.9 Å². The molecule has 0 radical (unpaired) electrons. The SMILES string of the molecule is CCCCC(CC)COCC(COC(C)COC(=O)NCCN)OC(C)(C)C. The van der Waals surface area contributed by atoms with E-state index in [0.29, 0.717) is 32.2 Å². The molecule has 0 aliphatic carbocycles. The maximum atomic E-state index is 11.5. The van der Waals surface area contributed by atoms with Crippen molar-refractivity contribution in [1.82, 2.24) is 5.32 Å². The molecule has 0 aliphatic heterocycles. The highest BCUT2D eigenvalue weighted by Gasteiger charge is 2.21. The van der Waals surface area contributed by atoms with Crippen LogP contribution < -0.4 is 11.1 Å². The van der Waals surface area contributed by atoms with E-state index in [1.54, 1.807) is 0 Å². The number of nitrogens with one attached hydrogen (secondary N) is 1.